The lowest BCUT2D eigenvalue weighted by molar-refractivity contribution is -0.137. The van der Waals surface area contributed by atoms with E-state index in [4.69, 9.17) is 9.47 Å². The molecule has 1 aliphatic rings. The summed E-state index contributed by atoms with van der Waals surface area (Å²) in [6.45, 7) is 2.23. The number of amides is 1. The van der Waals surface area contributed by atoms with Gasteiger partial charge in [0.25, 0.3) is 5.91 Å². The van der Waals surface area contributed by atoms with Crippen molar-refractivity contribution in [2.75, 3.05) is 32.9 Å². The van der Waals surface area contributed by atoms with Gasteiger partial charge in [0.2, 0.25) is 0 Å². The van der Waals surface area contributed by atoms with Crippen LogP contribution in [0, 0.1) is 11.6 Å². The molecule has 0 aliphatic carbocycles. The van der Waals surface area contributed by atoms with Gasteiger partial charge in [0.15, 0.2) is 12.4 Å². The summed E-state index contributed by atoms with van der Waals surface area (Å²) in [7, 11) is 0. The molecule has 0 spiro atoms. The second-order valence-corrected chi connectivity index (χ2v) is 5.70. The van der Waals surface area contributed by atoms with E-state index in [-0.39, 0.29) is 18.2 Å². The van der Waals surface area contributed by atoms with E-state index in [0.29, 0.717) is 32.1 Å². The van der Waals surface area contributed by atoms with Crippen molar-refractivity contribution in [2.24, 2.45) is 4.99 Å². The number of benzene rings is 2. The van der Waals surface area contributed by atoms with Gasteiger partial charge >= 0.3 is 0 Å². The van der Waals surface area contributed by atoms with Crippen LogP contribution >= 0.6 is 0 Å². The van der Waals surface area contributed by atoms with E-state index in [2.05, 4.69) is 4.99 Å². The highest BCUT2D eigenvalue weighted by Gasteiger charge is 2.16. The Labute approximate surface area is 149 Å². The molecule has 3 rings (SSSR count). The average Bonchev–Trinajstić information content (AvgIpc) is 2.67. The summed E-state index contributed by atoms with van der Waals surface area (Å²) in [5.74, 6) is -0.889. The van der Waals surface area contributed by atoms with Crippen LogP contribution in [0.3, 0.4) is 0 Å². The van der Waals surface area contributed by atoms with Gasteiger partial charge in [-0.15, -0.1) is 0 Å². The molecule has 2 aromatic carbocycles. The van der Waals surface area contributed by atoms with E-state index < -0.39 is 11.6 Å². The fourth-order valence-corrected chi connectivity index (χ4v) is 2.43. The van der Waals surface area contributed by atoms with Crippen LogP contribution in [0.15, 0.2) is 47.5 Å². The summed E-state index contributed by atoms with van der Waals surface area (Å²) in [6, 6.07) is 10.1. The summed E-state index contributed by atoms with van der Waals surface area (Å²) >= 11 is 0. The lowest BCUT2D eigenvalue weighted by Crippen LogP contribution is -2.42. The topological polar surface area (TPSA) is 51.1 Å². The fraction of sp³-hybridized carbons (Fsp3) is 0.263. The molecule has 1 amide bonds. The van der Waals surface area contributed by atoms with Gasteiger partial charge in [-0.2, -0.15) is 0 Å². The molecule has 136 valence electrons. The van der Waals surface area contributed by atoms with Gasteiger partial charge in [-0.25, -0.2) is 8.78 Å². The quantitative estimate of drug-likeness (QED) is 0.771. The number of ether oxygens (including phenoxy) is 2. The minimum Gasteiger partial charge on any atom is -0.484 e. The van der Waals surface area contributed by atoms with Crippen LogP contribution in [0.1, 0.15) is 5.56 Å². The average molecular weight is 360 g/mol. The number of carbonyl (C=O) groups is 1. The first-order chi connectivity index (χ1) is 12.6. The van der Waals surface area contributed by atoms with Crippen LogP contribution in [0.2, 0.25) is 0 Å². The molecule has 26 heavy (non-hydrogen) atoms. The monoisotopic (exact) mass is 360 g/mol. The number of carbonyl (C=O) groups excluding carboxylic acids is 1. The van der Waals surface area contributed by atoms with Crippen molar-refractivity contribution in [2.45, 2.75) is 0 Å². The van der Waals surface area contributed by atoms with Crippen molar-refractivity contribution < 1.29 is 23.0 Å². The number of aliphatic imine (C=N–C) groups is 1. The van der Waals surface area contributed by atoms with Crippen LogP contribution in [0.25, 0.3) is 0 Å². The minimum atomic E-state index is -0.720. The standard InChI is InChI=1S/C19H18F2N2O3/c20-15-3-6-18(17(21)11-15)22-12-14-1-4-16(5-2-14)26-13-19(24)23-7-9-25-10-8-23/h1-6,11-12H,7-10,13H2. The maximum absolute atomic E-state index is 13.5. The third-order valence-electron chi connectivity index (χ3n) is 3.87. The Kier molecular flexibility index (Phi) is 5.91. The molecule has 0 N–H and O–H groups in total. The van der Waals surface area contributed by atoms with Crippen LogP contribution in [-0.4, -0.2) is 49.9 Å². The van der Waals surface area contributed by atoms with E-state index in [0.717, 1.165) is 17.7 Å². The summed E-state index contributed by atoms with van der Waals surface area (Å²) in [5.41, 5.74) is 0.781. The molecule has 1 fully saturated rings. The number of rotatable bonds is 5. The fourth-order valence-electron chi connectivity index (χ4n) is 2.43. The predicted octanol–water partition coefficient (Wildman–Crippen LogP) is 2.95. The van der Waals surface area contributed by atoms with E-state index in [1.807, 2.05) is 0 Å². The molecule has 0 saturated carbocycles. The minimum absolute atomic E-state index is 0.0335. The maximum Gasteiger partial charge on any atom is 0.260 e. The molecular weight excluding hydrogens is 342 g/mol. The second kappa shape index (κ2) is 8.53. The van der Waals surface area contributed by atoms with Gasteiger partial charge < -0.3 is 14.4 Å². The zero-order valence-electron chi connectivity index (χ0n) is 14.0. The summed E-state index contributed by atoms with van der Waals surface area (Å²) in [4.78, 5) is 17.7. The molecule has 1 aliphatic heterocycles. The highest BCUT2D eigenvalue weighted by molar-refractivity contribution is 5.82. The van der Waals surface area contributed by atoms with Gasteiger partial charge in [-0.05, 0) is 42.0 Å². The predicted molar refractivity (Wildman–Crippen MR) is 92.9 cm³/mol. The van der Waals surface area contributed by atoms with Crippen LogP contribution in [-0.2, 0) is 9.53 Å². The van der Waals surface area contributed by atoms with Crippen LogP contribution in [0.4, 0.5) is 14.5 Å². The van der Waals surface area contributed by atoms with Crippen molar-refractivity contribution >= 4 is 17.8 Å². The maximum atomic E-state index is 13.5. The Balaban J connectivity index is 1.54. The smallest absolute Gasteiger partial charge is 0.260 e. The number of nitrogens with zero attached hydrogens (tertiary/aromatic N) is 2. The molecule has 5 nitrogen and oxygen atoms in total. The highest BCUT2D eigenvalue weighted by Crippen LogP contribution is 2.19. The molecule has 0 radical (unpaired) electrons. The number of hydrogen-bond donors (Lipinski definition) is 0. The van der Waals surface area contributed by atoms with Gasteiger partial charge in [-0.1, -0.05) is 0 Å². The third-order valence-corrected chi connectivity index (χ3v) is 3.87. The van der Waals surface area contributed by atoms with Crippen LogP contribution in [0.5, 0.6) is 5.75 Å². The Bertz CT molecular complexity index is 788. The third kappa shape index (κ3) is 4.86. The van der Waals surface area contributed by atoms with E-state index in [9.17, 15) is 13.6 Å². The van der Waals surface area contributed by atoms with Gasteiger partial charge in [0.05, 0.1) is 18.9 Å². The molecule has 7 heteroatoms. The molecule has 1 heterocycles. The second-order valence-electron chi connectivity index (χ2n) is 5.70. The summed E-state index contributed by atoms with van der Waals surface area (Å²) in [5, 5.41) is 0. The van der Waals surface area contributed by atoms with Crippen molar-refractivity contribution in [1.82, 2.24) is 4.90 Å². The zero-order valence-corrected chi connectivity index (χ0v) is 14.0. The van der Waals surface area contributed by atoms with E-state index in [1.165, 1.54) is 12.3 Å². The number of morpholine rings is 1. The largest absolute Gasteiger partial charge is 0.484 e. The number of halogens is 2. The van der Waals surface area contributed by atoms with Crippen molar-refractivity contribution in [3.63, 3.8) is 0 Å². The molecule has 0 atom stereocenters. The molecule has 0 unspecified atom stereocenters. The van der Waals surface area contributed by atoms with Crippen molar-refractivity contribution in [3.05, 3.63) is 59.7 Å². The molecule has 0 bridgehead atoms. The van der Waals surface area contributed by atoms with Gasteiger partial charge in [0.1, 0.15) is 11.6 Å². The Hall–Kier alpha value is -2.80. The molecule has 1 saturated heterocycles. The summed E-state index contributed by atoms with van der Waals surface area (Å²) < 4.78 is 37.1. The normalized spacial score (nSPS) is 14.6. The first-order valence-corrected chi connectivity index (χ1v) is 8.19. The van der Waals surface area contributed by atoms with Gasteiger partial charge in [-0.3, -0.25) is 9.79 Å². The van der Waals surface area contributed by atoms with Gasteiger partial charge in [0, 0.05) is 25.4 Å². The molecular formula is C19H18F2N2O3. The van der Waals surface area contributed by atoms with Crippen molar-refractivity contribution in [1.29, 1.82) is 0 Å². The first-order valence-electron chi connectivity index (χ1n) is 8.19. The lowest BCUT2D eigenvalue weighted by atomic mass is 10.2. The molecule has 0 aromatic heterocycles. The Morgan fingerprint density at radius 1 is 1.15 bits per heavy atom. The van der Waals surface area contributed by atoms with E-state index >= 15 is 0 Å². The first kappa shape index (κ1) is 18.0. The van der Waals surface area contributed by atoms with Crippen LogP contribution < -0.4 is 4.74 Å². The summed E-state index contributed by atoms with van der Waals surface area (Å²) in [6.07, 6.45) is 1.47. The SMILES string of the molecule is O=C(COc1ccc(C=Nc2ccc(F)cc2F)cc1)N1CCOCC1. The number of hydrogen-bond acceptors (Lipinski definition) is 4. The lowest BCUT2D eigenvalue weighted by Gasteiger charge is -2.26. The van der Waals surface area contributed by atoms with Crippen molar-refractivity contribution in [3.8, 4) is 5.75 Å². The highest BCUT2D eigenvalue weighted by atomic mass is 19.1. The zero-order chi connectivity index (χ0) is 18.4. The Morgan fingerprint density at radius 2 is 1.88 bits per heavy atom. The molecule has 2 aromatic rings. The Morgan fingerprint density at radius 3 is 2.58 bits per heavy atom. The van der Waals surface area contributed by atoms with E-state index in [1.54, 1.807) is 29.2 Å².